The number of rotatable bonds is 7. The molecule has 116 valence electrons. The van der Waals surface area contributed by atoms with E-state index in [4.69, 9.17) is 0 Å². The van der Waals surface area contributed by atoms with Crippen LogP contribution in [0.25, 0.3) is 0 Å². The van der Waals surface area contributed by atoms with Gasteiger partial charge in [0.25, 0.3) is 0 Å². The fraction of sp³-hybridized carbons (Fsp3) is 0.625. The van der Waals surface area contributed by atoms with Gasteiger partial charge in [0.15, 0.2) is 0 Å². The molecule has 5 nitrogen and oxygen atoms in total. The van der Waals surface area contributed by atoms with Gasteiger partial charge in [-0.2, -0.15) is 10.2 Å². The first kappa shape index (κ1) is 15.8. The number of hydrogen-bond acceptors (Lipinski definition) is 3. The zero-order valence-electron chi connectivity index (χ0n) is 13.8. The van der Waals surface area contributed by atoms with Crippen LogP contribution in [0.1, 0.15) is 63.2 Å². The summed E-state index contributed by atoms with van der Waals surface area (Å²) in [6, 6.07) is 4.71. The molecule has 0 bridgehead atoms. The van der Waals surface area contributed by atoms with Crippen LogP contribution in [-0.2, 0) is 20.1 Å². The molecule has 1 N–H and O–H groups in total. The number of nitrogens with zero attached hydrogens (tertiary/aromatic N) is 4. The summed E-state index contributed by atoms with van der Waals surface area (Å²) >= 11 is 0. The molecule has 0 aliphatic rings. The average molecular weight is 289 g/mol. The Hall–Kier alpha value is -1.62. The van der Waals surface area contributed by atoms with E-state index >= 15 is 0 Å². The van der Waals surface area contributed by atoms with Crippen molar-refractivity contribution in [1.29, 1.82) is 0 Å². The van der Waals surface area contributed by atoms with Crippen molar-refractivity contribution in [3.8, 4) is 0 Å². The summed E-state index contributed by atoms with van der Waals surface area (Å²) in [4.78, 5) is 0. The third-order valence-corrected chi connectivity index (χ3v) is 3.96. The molecule has 1 atom stereocenters. The van der Waals surface area contributed by atoms with Gasteiger partial charge in [-0.3, -0.25) is 9.36 Å². The predicted molar refractivity (Wildman–Crippen MR) is 85.1 cm³/mol. The summed E-state index contributed by atoms with van der Waals surface area (Å²) in [7, 11) is 2.01. The SMILES string of the molecule is CC[C@@H](C)n1nccc1CNCc1cc(C(C)C)nn1C. The largest absolute Gasteiger partial charge is 0.306 e. The fourth-order valence-electron chi connectivity index (χ4n) is 2.35. The zero-order chi connectivity index (χ0) is 15.4. The van der Waals surface area contributed by atoms with E-state index in [-0.39, 0.29) is 0 Å². The van der Waals surface area contributed by atoms with Crippen LogP contribution in [0.5, 0.6) is 0 Å². The van der Waals surface area contributed by atoms with Crippen molar-refractivity contribution in [3.05, 3.63) is 35.4 Å². The van der Waals surface area contributed by atoms with Gasteiger partial charge >= 0.3 is 0 Å². The predicted octanol–water partition coefficient (Wildman–Crippen LogP) is 3.00. The quantitative estimate of drug-likeness (QED) is 0.852. The Bertz CT molecular complexity index is 567. The first-order valence-electron chi connectivity index (χ1n) is 7.78. The Morgan fingerprint density at radius 3 is 2.52 bits per heavy atom. The van der Waals surface area contributed by atoms with Crippen LogP contribution in [0, 0.1) is 0 Å². The standard InChI is InChI=1S/C16H27N5/c1-6-13(4)21-14(7-8-18-21)10-17-11-15-9-16(12(2)3)19-20(15)5/h7-9,12-13,17H,6,10-11H2,1-5H3/t13-/m1/s1. The van der Waals surface area contributed by atoms with Crippen LogP contribution in [-0.4, -0.2) is 19.6 Å². The Morgan fingerprint density at radius 2 is 1.90 bits per heavy atom. The fourth-order valence-corrected chi connectivity index (χ4v) is 2.35. The second-order valence-electron chi connectivity index (χ2n) is 5.97. The summed E-state index contributed by atoms with van der Waals surface area (Å²) in [5.41, 5.74) is 3.60. The van der Waals surface area contributed by atoms with E-state index < -0.39 is 0 Å². The zero-order valence-corrected chi connectivity index (χ0v) is 13.8. The molecule has 0 aliphatic heterocycles. The first-order chi connectivity index (χ1) is 10.0. The maximum Gasteiger partial charge on any atom is 0.0653 e. The summed E-state index contributed by atoms with van der Waals surface area (Å²) < 4.78 is 4.07. The van der Waals surface area contributed by atoms with Gasteiger partial charge in [-0.25, -0.2) is 0 Å². The van der Waals surface area contributed by atoms with E-state index in [2.05, 4.69) is 60.0 Å². The van der Waals surface area contributed by atoms with Gasteiger partial charge in [0.1, 0.15) is 0 Å². The Kier molecular flexibility index (Phi) is 5.17. The molecule has 2 rings (SSSR count). The molecule has 2 aromatic heterocycles. The smallest absolute Gasteiger partial charge is 0.0653 e. The highest BCUT2D eigenvalue weighted by atomic mass is 15.3. The van der Waals surface area contributed by atoms with E-state index in [0.29, 0.717) is 12.0 Å². The molecule has 0 saturated carbocycles. The highest BCUT2D eigenvalue weighted by Crippen LogP contribution is 2.14. The summed E-state index contributed by atoms with van der Waals surface area (Å²) in [6.07, 6.45) is 2.97. The minimum absolute atomic E-state index is 0.445. The maximum absolute atomic E-state index is 4.54. The molecule has 0 aromatic carbocycles. The van der Waals surface area contributed by atoms with E-state index in [1.54, 1.807) is 0 Å². The van der Waals surface area contributed by atoms with E-state index in [1.807, 2.05) is 17.9 Å². The number of hydrogen-bond donors (Lipinski definition) is 1. The minimum atomic E-state index is 0.445. The van der Waals surface area contributed by atoms with Crippen LogP contribution < -0.4 is 5.32 Å². The van der Waals surface area contributed by atoms with Crippen LogP contribution in [0.15, 0.2) is 18.3 Å². The molecule has 2 heterocycles. The highest BCUT2D eigenvalue weighted by molar-refractivity contribution is 5.13. The van der Waals surface area contributed by atoms with Gasteiger partial charge in [-0.15, -0.1) is 0 Å². The van der Waals surface area contributed by atoms with Crippen LogP contribution in [0.2, 0.25) is 0 Å². The van der Waals surface area contributed by atoms with Crippen molar-refractivity contribution in [2.45, 2.75) is 59.2 Å². The molecule has 0 saturated heterocycles. The maximum atomic E-state index is 4.54. The van der Waals surface area contributed by atoms with Crippen molar-refractivity contribution >= 4 is 0 Å². The highest BCUT2D eigenvalue weighted by Gasteiger charge is 2.10. The molecule has 0 unspecified atom stereocenters. The lowest BCUT2D eigenvalue weighted by molar-refractivity contribution is 0.450. The Balaban J connectivity index is 1.94. The molecule has 0 spiro atoms. The van der Waals surface area contributed by atoms with Crippen LogP contribution in [0.4, 0.5) is 0 Å². The minimum Gasteiger partial charge on any atom is -0.306 e. The van der Waals surface area contributed by atoms with E-state index in [1.165, 1.54) is 11.4 Å². The topological polar surface area (TPSA) is 47.7 Å². The molecule has 2 aromatic rings. The molecular formula is C16H27N5. The second kappa shape index (κ2) is 6.89. The average Bonchev–Trinajstić information content (AvgIpc) is 3.05. The summed E-state index contributed by atoms with van der Waals surface area (Å²) in [6.45, 7) is 10.4. The van der Waals surface area contributed by atoms with E-state index in [9.17, 15) is 0 Å². The third kappa shape index (κ3) is 3.73. The number of nitrogens with one attached hydrogen (secondary N) is 1. The normalized spacial score (nSPS) is 13.0. The van der Waals surface area contributed by atoms with Crippen molar-refractivity contribution < 1.29 is 0 Å². The van der Waals surface area contributed by atoms with Gasteiger partial charge in [-0.05, 0) is 31.4 Å². The summed E-state index contributed by atoms with van der Waals surface area (Å²) in [5.74, 6) is 0.469. The van der Waals surface area contributed by atoms with Gasteiger partial charge in [-0.1, -0.05) is 20.8 Å². The lowest BCUT2D eigenvalue weighted by atomic mass is 10.1. The molecule has 0 amide bonds. The van der Waals surface area contributed by atoms with Gasteiger partial charge in [0, 0.05) is 32.4 Å². The van der Waals surface area contributed by atoms with Crippen molar-refractivity contribution in [2.75, 3.05) is 0 Å². The van der Waals surface area contributed by atoms with Crippen molar-refractivity contribution in [2.24, 2.45) is 7.05 Å². The number of aromatic nitrogens is 4. The van der Waals surface area contributed by atoms with Crippen molar-refractivity contribution in [3.63, 3.8) is 0 Å². The van der Waals surface area contributed by atoms with Crippen LogP contribution in [0.3, 0.4) is 0 Å². The molecule has 0 aliphatic carbocycles. The third-order valence-electron chi connectivity index (χ3n) is 3.96. The van der Waals surface area contributed by atoms with Crippen LogP contribution >= 0.6 is 0 Å². The van der Waals surface area contributed by atoms with Crippen molar-refractivity contribution in [1.82, 2.24) is 24.9 Å². The molecule has 0 radical (unpaired) electrons. The van der Waals surface area contributed by atoms with Gasteiger partial charge < -0.3 is 5.32 Å². The molecular weight excluding hydrogens is 262 g/mol. The number of aryl methyl sites for hydroxylation is 1. The lowest BCUT2D eigenvalue weighted by Crippen LogP contribution is -2.19. The molecule has 5 heteroatoms. The molecule has 21 heavy (non-hydrogen) atoms. The second-order valence-corrected chi connectivity index (χ2v) is 5.97. The van der Waals surface area contributed by atoms with Gasteiger partial charge in [0.2, 0.25) is 0 Å². The monoisotopic (exact) mass is 289 g/mol. The Morgan fingerprint density at radius 1 is 1.19 bits per heavy atom. The van der Waals surface area contributed by atoms with E-state index in [0.717, 1.165) is 25.2 Å². The van der Waals surface area contributed by atoms with Gasteiger partial charge in [0.05, 0.1) is 17.1 Å². The Labute approximate surface area is 127 Å². The summed E-state index contributed by atoms with van der Waals surface area (Å²) in [5, 5.41) is 12.5. The first-order valence-corrected chi connectivity index (χ1v) is 7.78. The lowest BCUT2D eigenvalue weighted by Gasteiger charge is -2.14. The molecule has 0 fully saturated rings.